The summed E-state index contributed by atoms with van der Waals surface area (Å²) in [6.45, 7) is 4.60. The molecule has 0 unspecified atom stereocenters. The van der Waals surface area contributed by atoms with E-state index in [0.29, 0.717) is 11.6 Å². The Morgan fingerprint density at radius 1 is 1.53 bits per heavy atom. The monoisotopic (exact) mass is 209 g/mol. The minimum absolute atomic E-state index is 0.0292. The molecule has 0 bridgehead atoms. The average Bonchev–Trinajstić information content (AvgIpc) is 2.17. The lowest BCUT2D eigenvalue weighted by atomic mass is 10.3. The minimum Gasteiger partial charge on any atom is -0.477 e. The summed E-state index contributed by atoms with van der Waals surface area (Å²) in [6.07, 6.45) is 2.09. The first kappa shape index (κ1) is 11.4. The van der Waals surface area contributed by atoms with Gasteiger partial charge in [0.15, 0.2) is 5.69 Å². The molecular weight excluding hydrogens is 194 g/mol. The Morgan fingerprint density at radius 3 is 2.87 bits per heavy atom. The first-order valence-corrected chi connectivity index (χ1v) is 4.96. The maximum atomic E-state index is 10.7. The van der Waals surface area contributed by atoms with Crippen molar-refractivity contribution in [2.45, 2.75) is 26.7 Å². The molecule has 0 aromatic carbocycles. The van der Waals surface area contributed by atoms with Crippen LogP contribution in [-0.4, -0.2) is 27.6 Å². The zero-order chi connectivity index (χ0) is 11.3. The third-order valence-corrected chi connectivity index (χ3v) is 1.89. The molecule has 1 heterocycles. The fourth-order valence-corrected chi connectivity index (χ4v) is 1.13. The number of carbonyl (C=O) groups is 1. The lowest BCUT2D eigenvalue weighted by Gasteiger charge is -2.05. The third kappa shape index (κ3) is 3.53. The fraction of sp³-hybridized carbons (Fsp3) is 0.500. The SMILES string of the molecule is CCCCNc1nc(C)cc(C(=O)O)n1. The first-order valence-electron chi connectivity index (χ1n) is 4.96. The van der Waals surface area contributed by atoms with Crippen molar-refractivity contribution in [3.63, 3.8) is 0 Å². The summed E-state index contributed by atoms with van der Waals surface area (Å²) >= 11 is 0. The molecule has 0 saturated carbocycles. The number of rotatable bonds is 5. The highest BCUT2D eigenvalue weighted by molar-refractivity contribution is 5.85. The number of aromatic carboxylic acids is 1. The van der Waals surface area contributed by atoms with Gasteiger partial charge in [-0.25, -0.2) is 14.8 Å². The summed E-state index contributed by atoms with van der Waals surface area (Å²) in [5, 5.41) is 11.8. The van der Waals surface area contributed by atoms with E-state index in [4.69, 9.17) is 5.11 Å². The molecule has 0 aliphatic heterocycles. The molecule has 1 aromatic heterocycles. The molecule has 82 valence electrons. The Balaban J connectivity index is 2.75. The average molecular weight is 209 g/mol. The quantitative estimate of drug-likeness (QED) is 0.722. The van der Waals surface area contributed by atoms with Crippen molar-refractivity contribution in [2.24, 2.45) is 0 Å². The van der Waals surface area contributed by atoms with Crippen LogP contribution in [-0.2, 0) is 0 Å². The van der Waals surface area contributed by atoms with Crippen LogP contribution in [0.4, 0.5) is 5.95 Å². The van der Waals surface area contributed by atoms with Crippen molar-refractivity contribution >= 4 is 11.9 Å². The number of carboxylic acids is 1. The molecule has 0 aliphatic rings. The summed E-state index contributed by atoms with van der Waals surface area (Å²) in [5.41, 5.74) is 0.683. The molecule has 1 rings (SSSR count). The van der Waals surface area contributed by atoms with Gasteiger partial charge in [-0.15, -0.1) is 0 Å². The van der Waals surface area contributed by atoms with Gasteiger partial charge >= 0.3 is 5.97 Å². The number of hydrogen-bond donors (Lipinski definition) is 2. The lowest BCUT2D eigenvalue weighted by molar-refractivity contribution is 0.0690. The van der Waals surface area contributed by atoms with E-state index in [9.17, 15) is 4.79 Å². The Hall–Kier alpha value is -1.65. The molecule has 0 radical (unpaired) electrons. The van der Waals surface area contributed by atoms with Crippen LogP contribution in [0.25, 0.3) is 0 Å². The van der Waals surface area contributed by atoms with Crippen LogP contribution in [0.5, 0.6) is 0 Å². The molecule has 0 aliphatic carbocycles. The lowest BCUT2D eigenvalue weighted by Crippen LogP contribution is -2.10. The van der Waals surface area contributed by atoms with Gasteiger partial charge < -0.3 is 10.4 Å². The Bertz CT molecular complexity index is 353. The van der Waals surface area contributed by atoms with E-state index < -0.39 is 5.97 Å². The van der Waals surface area contributed by atoms with Crippen LogP contribution in [0.3, 0.4) is 0 Å². The molecule has 5 heteroatoms. The molecule has 5 nitrogen and oxygen atoms in total. The van der Waals surface area contributed by atoms with Gasteiger partial charge in [0.25, 0.3) is 0 Å². The smallest absolute Gasteiger partial charge is 0.354 e. The van der Waals surface area contributed by atoms with Crippen molar-refractivity contribution < 1.29 is 9.90 Å². The number of carboxylic acid groups (broad SMARTS) is 1. The normalized spacial score (nSPS) is 10.0. The number of aromatic nitrogens is 2. The largest absolute Gasteiger partial charge is 0.477 e. The van der Waals surface area contributed by atoms with Crippen molar-refractivity contribution in [3.05, 3.63) is 17.5 Å². The topological polar surface area (TPSA) is 75.1 Å². The number of unbranched alkanes of at least 4 members (excludes halogenated alkanes) is 1. The van der Waals surface area contributed by atoms with Crippen molar-refractivity contribution in [1.82, 2.24) is 9.97 Å². The van der Waals surface area contributed by atoms with Crippen LogP contribution in [0.2, 0.25) is 0 Å². The van der Waals surface area contributed by atoms with Crippen molar-refractivity contribution in [1.29, 1.82) is 0 Å². The van der Waals surface area contributed by atoms with Crippen LogP contribution in [0.15, 0.2) is 6.07 Å². The predicted octanol–water partition coefficient (Wildman–Crippen LogP) is 1.70. The zero-order valence-electron chi connectivity index (χ0n) is 8.95. The number of nitrogens with one attached hydrogen (secondary N) is 1. The fourth-order valence-electron chi connectivity index (χ4n) is 1.13. The molecule has 15 heavy (non-hydrogen) atoms. The van der Waals surface area contributed by atoms with E-state index in [1.165, 1.54) is 6.07 Å². The summed E-state index contributed by atoms with van der Waals surface area (Å²) < 4.78 is 0. The molecule has 0 spiro atoms. The van der Waals surface area contributed by atoms with Gasteiger partial charge in [0.05, 0.1) is 0 Å². The molecule has 0 amide bonds. The summed E-state index contributed by atoms with van der Waals surface area (Å²) in [4.78, 5) is 18.7. The maximum absolute atomic E-state index is 10.7. The first-order chi connectivity index (χ1) is 7.13. The Kier molecular flexibility index (Phi) is 4.03. The van der Waals surface area contributed by atoms with E-state index >= 15 is 0 Å². The molecule has 0 saturated heterocycles. The standard InChI is InChI=1S/C10H15N3O2/c1-3-4-5-11-10-12-7(2)6-8(13-10)9(14)15/h6H,3-5H2,1-2H3,(H,14,15)(H,11,12,13). The van der Waals surface area contributed by atoms with E-state index in [1.54, 1.807) is 6.92 Å². The van der Waals surface area contributed by atoms with Gasteiger partial charge in [0, 0.05) is 12.2 Å². The van der Waals surface area contributed by atoms with Crippen LogP contribution in [0.1, 0.15) is 35.9 Å². The van der Waals surface area contributed by atoms with Crippen molar-refractivity contribution in [2.75, 3.05) is 11.9 Å². The number of anilines is 1. The highest BCUT2D eigenvalue weighted by Crippen LogP contribution is 2.05. The summed E-state index contributed by atoms with van der Waals surface area (Å²) in [6, 6.07) is 1.45. The summed E-state index contributed by atoms with van der Waals surface area (Å²) in [5.74, 6) is -0.639. The van der Waals surface area contributed by atoms with E-state index in [-0.39, 0.29) is 5.69 Å². The number of aryl methyl sites for hydroxylation is 1. The zero-order valence-corrected chi connectivity index (χ0v) is 8.95. The van der Waals surface area contributed by atoms with Crippen LogP contribution in [0, 0.1) is 6.92 Å². The highest BCUT2D eigenvalue weighted by atomic mass is 16.4. The van der Waals surface area contributed by atoms with E-state index in [0.717, 1.165) is 19.4 Å². The third-order valence-electron chi connectivity index (χ3n) is 1.89. The molecular formula is C10H15N3O2. The van der Waals surface area contributed by atoms with Gasteiger partial charge in [0.2, 0.25) is 5.95 Å². The van der Waals surface area contributed by atoms with Crippen LogP contribution >= 0.6 is 0 Å². The number of nitrogens with zero attached hydrogens (tertiary/aromatic N) is 2. The second-order valence-corrected chi connectivity index (χ2v) is 3.30. The molecule has 0 fully saturated rings. The second kappa shape index (κ2) is 5.29. The van der Waals surface area contributed by atoms with Gasteiger partial charge in [-0.1, -0.05) is 13.3 Å². The van der Waals surface area contributed by atoms with Gasteiger partial charge in [-0.3, -0.25) is 0 Å². The van der Waals surface area contributed by atoms with Crippen molar-refractivity contribution in [3.8, 4) is 0 Å². The Labute approximate surface area is 88.6 Å². The maximum Gasteiger partial charge on any atom is 0.354 e. The highest BCUT2D eigenvalue weighted by Gasteiger charge is 2.07. The van der Waals surface area contributed by atoms with E-state index in [1.807, 2.05) is 0 Å². The second-order valence-electron chi connectivity index (χ2n) is 3.30. The molecule has 2 N–H and O–H groups in total. The molecule has 1 aromatic rings. The van der Waals surface area contributed by atoms with Gasteiger partial charge in [-0.2, -0.15) is 0 Å². The predicted molar refractivity (Wildman–Crippen MR) is 57.1 cm³/mol. The van der Waals surface area contributed by atoms with Crippen LogP contribution < -0.4 is 5.32 Å². The van der Waals surface area contributed by atoms with E-state index in [2.05, 4.69) is 22.2 Å². The summed E-state index contributed by atoms with van der Waals surface area (Å²) in [7, 11) is 0. The van der Waals surface area contributed by atoms with Gasteiger partial charge in [-0.05, 0) is 19.4 Å². The number of hydrogen-bond acceptors (Lipinski definition) is 4. The minimum atomic E-state index is -1.03. The van der Waals surface area contributed by atoms with Gasteiger partial charge in [0.1, 0.15) is 0 Å². The molecule has 0 atom stereocenters. The Morgan fingerprint density at radius 2 is 2.27 bits per heavy atom.